The van der Waals surface area contributed by atoms with Crippen LogP contribution in [0, 0.1) is 0 Å². The maximum absolute atomic E-state index is 5.95. The van der Waals surface area contributed by atoms with Crippen molar-refractivity contribution in [3.8, 4) is 0 Å². The second kappa shape index (κ2) is 3.29. The van der Waals surface area contributed by atoms with E-state index in [1.165, 1.54) is 11.0 Å². The Hall–Kier alpha value is -0.165. The molecule has 0 N–H and O–H groups in total. The molecule has 1 rings (SSSR count). The van der Waals surface area contributed by atoms with Gasteiger partial charge in [-0.1, -0.05) is 24.5 Å². The Balaban J connectivity index is 2.70. The second-order valence-electron chi connectivity index (χ2n) is 2.64. The minimum Gasteiger partial charge on any atom is -0.118 e. The van der Waals surface area contributed by atoms with Crippen LogP contribution in [0.5, 0.6) is 0 Å². The molecule has 1 aliphatic rings. The van der Waals surface area contributed by atoms with E-state index >= 15 is 0 Å². The zero-order valence-corrected chi connectivity index (χ0v) is 7.15. The van der Waals surface area contributed by atoms with Gasteiger partial charge in [-0.05, 0) is 13.3 Å². The Kier molecular flexibility index (Phi) is 2.61. The van der Waals surface area contributed by atoms with Crippen LogP contribution in [-0.4, -0.2) is 12.7 Å². The van der Waals surface area contributed by atoms with E-state index in [-0.39, 0.29) is 5.38 Å². The van der Waals surface area contributed by atoms with Crippen LogP contribution in [0.4, 0.5) is 0 Å². The third kappa shape index (κ3) is 1.91. The lowest BCUT2D eigenvalue weighted by atomic mass is 9.68. The first-order valence-corrected chi connectivity index (χ1v) is 3.98. The Morgan fingerprint density at radius 2 is 2.40 bits per heavy atom. The lowest BCUT2D eigenvalue weighted by Gasteiger charge is -2.13. The number of rotatable bonds is 1. The topological polar surface area (TPSA) is 0 Å². The summed E-state index contributed by atoms with van der Waals surface area (Å²) in [5.41, 5.74) is 2.62. The Bertz CT molecular complexity index is 182. The molecule has 0 fully saturated rings. The normalized spacial score (nSPS) is 25.3. The fourth-order valence-electron chi connectivity index (χ4n) is 1.17. The molecule has 0 aromatic heterocycles. The molecule has 0 saturated carbocycles. The van der Waals surface area contributed by atoms with Gasteiger partial charge in [-0.2, -0.15) is 0 Å². The largest absolute Gasteiger partial charge is 0.142 e. The summed E-state index contributed by atoms with van der Waals surface area (Å²) in [6.45, 7) is 4.13. The van der Waals surface area contributed by atoms with Gasteiger partial charge in [0.05, 0.1) is 5.38 Å². The first-order valence-electron chi connectivity index (χ1n) is 3.55. The third-order valence-electron chi connectivity index (χ3n) is 1.66. The maximum atomic E-state index is 5.95. The van der Waals surface area contributed by atoms with Crippen LogP contribution in [0.3, 0.4) is 0 Å². The fourth-order valence-corrected chi connectivity index (χ4v) is 1.55. The van der Waals surface area contributed by atoms with Gasteiger partial charge in [0.1, 0.15) is 7.28 Å². The van der Waals surface area contributed by atoms with Gasteiger partial charge in [-0.15, -0.1) is 17.1 Å². The van der Waals surface area contributed by atoms with Crippen molar-refractivity contribution in [3.05, 3.63) is 23.2 Å². The van der Waals surface area contributed by atoms with Gasteiger partial charge in [0.2, 0.25) is 0 Å². The highest BCUT2D eigenvalue weighted by Crippen LogP contribution is 2.20. The van der Waals surface area contributed by atoms with E-state index < -0.39 is 0 Å². The number of hydrogen-bond donors (Lipinski definition) is 0. The molecule has 0 amide bonds. The van der Waals surface area contributed by atoms with Crippen LogP contribution >= 0.6 is 11.6 Å². The highest BCUT2D eigenvalue weighted by molar-refractivity contribution is 6.44. The summed E-state index contributed by atoms with van der Waals surface area (Å²) < 4.78 is 0. The molecule has 1 unspecified atom stereocenters. The average molecular weight is 153 g/mol. The number of halogens is 1. The van der Waals surface area contributed by atoms with Crippen LogP contribution in [0.1, 0.15) is 13.3 Å². The molecule has 53 valence electrons. The Labute approximate surface area is 68.2 Å². The molecule has 2 heteroatoms. The minimum atomic E-state index is 0.205. The summed E-state index contributed by atoms with van der Waals surface area (Å²) in [5.74, 6) is 0. The molecule has 1 atom stereocenters. The number of allylic oxidation sites excluding steroid dienone is 4. The van der Waals surface area contributed by atoms with Crippen LogP contribution in [0.25, 0.3) is 0 Å². The average Bonchev–Trinajstić information content (AvgIpc) is 1.85. The van der Waals surface area contributed by atoms with Crippen LogP contribution in [0.15, 0.2) is 23.2 Å². The maximum Gasteiger partial charge on any atom is 0.142 e. The standard InChI is InChI=1S/C8H11BCl/c1-6-3-7(9-2)5-8(10)4-6/h3-4,8H,5H2,1-2H3. The quantitative estimate of drug-likeness (QED) is 0.401. The van der Waals surface area contributed by atoms with Crippen molar-refractivity contribution in [2.24, 2.45) is 0 Å². The van der Waals surface area contributed by atoms with E-state index in [2.05, 4.69) is 26.4 Å². The molecular formula is C8H11BCl. The number of hydrogen-bond acceptors (Lipinski definition) is 0. The van der Waals surface area contributed by atoms with Crippen molar-refractivity contribution in [2.45, 2.75) is 25.5 Å². The van der Waals surface area contributed by atoms with Gasteiger partial charge in [0, 0.05) is 0 Å². The summed E-state index contributed by atoms with van der Waals surface area (Å²) in [6.07, 6.45) is 5.25. The third-order valence-corrected chi connectivity index (χ3v) is 1.94. The molecule has 10 heavy (non-hydrogen) atoms. The van der Waals surface area contributed by atoms with Gasteiger partial charge in [-0.25, -0.2) is 0 Å². The molecule has 0 heterocycles. The zero-order valence-electron chi connectivity index (χ0n) is 6.39. The van der Waals surface area contributed by atoms with Gasteiger partial charge >= 0.3 is 0 Å². The van der Waals surface area contributed by atoms with Crippen molar-refractivity contribution in [3.63, 3.8) is 0 Å². The molecule has 0 aliphatic heterocycles. The first kappa shape index (κ1) is 7.94. The summed E-state index contributed by atoms with van der Waals surface area (Å²) in [4.78, 5) is 0. The van der Waals surface area contributed by atoms with E-state index in [1.54, 1.807) is 0 Å². The fraction of sp³-hybridized carbons (Fsp3) is 0.500. The van der Waals surface area contributed by atoms with Crippen LogP contribution in [0.2, 0.25) is 6.82 Å². The molecule has 0 spiro atoms. The van der Waals surface area contributed by atoms with Crippen LogP contribution in [-0.2, 0) is 0 Å². The highest BCUT2D eigenvalue weighted by atomic mass is 35.5. The molecule has 0 nitrogen and oxygen atoms in total. The summed E-state index contributed by atoms with van der Waals surface area (Å²) in [7, 11) is 2.12. The van der Waals surface area contributed by atoms with Crippen LogP contribution < -0.4 is 0 Å². The van der Waals surface area contributed by atoms with Gasteiger partial charge in [-0.3, -0.25) is 0 Å². The first-order chi connectivity index (χ1) is 4.72. The Morgan fingerprint density at radius 3 is 2.90 bits per heavy atom. The monoisotopic (exact) mass is 153 g/mol. The Morgan fingerprint density at radius 1 is 1.70 bits per heavy atom. The summed E-state index contributed by atoms with van der Waals surface area (Å²) in [5, 5.41) is 0.205. The lowest BCUT2D eigenvalue weighted by Crippen LogP contribution is -2.05. The van der Waals surface area contributed by atoms with Crippen molar-refractivity contribution in [1.29, 1.82) is 0 Å². The van der Waals surface area contributed by atoms with E-state index in [9.17, 15) is 0 Å². The molecule has 0 aromatic carbocycles. The van der Waals surface area contributed by atoms with Gasteiger partial charge < -0.3 is 0 Å². The lowest BCUT2D eigenvalue weighted by molar-refractivity contribution is 1.00. The van der Waals surface area contributed by atoms with Crippen molar-refractivity contribution < 1.29 is 0 Å². The molecule has 0 saturated heterocycles. The summed E-state index contributed by atoms with van der Waals surface area (Å²) in [6, 6.07) is 0. The molecule has 1 aliphatic carbocycles. The predicted molar refractivity (Wildman–Crippen MR) is 47.7 cm³/mol. The predicted octanol–water partition coefficient (Wildman–Crippen LogP) is 2.58. The van der Waals surface area contributed by atoms with Crippen molar-refractivity contribution in [2.75, 3.05) is 0 Å². The SMILES string of the molecule is C[B]C1=CC(C)=CC(Cl)C1. The van der Waals surface area contributed by atoms with E-state index in [0.29, 0.717) is 0 Å². The zero-order chi connectivity index (χ0) is 7.56. The van der Waals surface area contributed by atoms with E-state index in [0.717, 1.165) is 6.42 Å². The molecule has 0 aromatic rings. The van der Waals surface area contributed by atoms with Crippen molar-refractivity contribution >= 4 is 18.9 Å². The van der Waals surface area contributed by atoms with Gasteiger partial charge in [0.15, 0.2) is 0 Å². The molecule has 0 bridgehead atoms. The number of alkyl halides is 1. The van der Waals surface area contributed by atoms with Gasteiger partial charge in [0.25, 0.3) is 0 Å². The summed E-state index contributed by atoms with van der Waals surface area (Å²) >= 11 is 5.95. The smallest absolute Gasteiger partial charge is 0.118 e. The van der Waals surface area contributed by atoms with E-state index in [1.807, 2.05) is 6.82 Å². The molecule has 1 radical (unpaired) electrons. The van der Waals surface area contributed by atoms with Crippen molar-refractivity contribution in [1.82, 2.24) is 0 Å². The minimum absolute atomic E-state index is 0.205. The highest BCUT2D eigenvalue weighted by Gasteiger charge is 2.08. The molecular weight excluding hydrogens is 142 g/mol. The van der Waals surface area contributed by atoms with E-state index in [4.69, 9.17) is 11.6 Å². The second-order valence-corrected chi connectivity index (χ2v) is 3.20.